The van der Waals surface area contributed by atoms with Crippen molar-refractivity contribution in [1.82, 2.24) is 0 Å². The zero-order valence-corrected chi connectivity index (χ0v) is 8.48. The molecule has 15 heavy (non-hydrogen) atoms. The number of phenolic OH excluding ortho intramolecular Hbond substituents is 1. The van der Waals surface area contributed by atoms with E-state index >= 15 is 0 Å². The average molecular weight is 209 g/mol. The molecule has 0 bridgehead atoms. The molecule has 0 heterocycles. The number of aromatic hydroxyl groups is 1. The van der Waals surface area contributed by atoms with Crippen molar-refractivity contribution >= 4 is 6.08 Å². The van der Waals surface area contributed by atoms with Crippen LogP contribution in [0.2, 0.25) is 0 Å². The number of carbonyl (C=O) groups excluding carboxylic acids is 1. The highest BCUT2D eigenvalue weighted by Crippen LogP contribution is 2.34. The Balaban J connectivity index is 3.12. The summed E-state index contributed by atoms with van der Waals surface area (Å²) >= 11 is 0. The summed E-state index contributed by atoms with van der Waals surface area (Å²) in [4.78, 5) is 13.3. The maximum Gasteiger partial charge on any atom is 0.235 e. The monoisotopic (exact) mass is 209 g/mol. The molecular weight excluding hydrogens is 198 g/mol. The summed E-state index contributed by atoms with van der Waals surface area (Å²) in [5, 5.41) is 9.54. The van der Waals surface area contributed by atoms with Crippen LogP contribution in [0.25, 0.3) is 0 Å². The molecule has 0 saturated heterocycles. The standard InChI is InChI=1S/C10H11NO4/c1-14-9-3-7(5-11-6-12)8(13)4-10(9)15-2/h3-4,13H,5H2,1-2H3. The summed E-state index contributed by atoms with van der Waals surface area (Å²) in [6, 6.07) is 2.98. The molecule has 0 spiro atoms. The van der Waals surface area contributed by atoms with E-state index in [1.165, 1.54) is 26.4 Å². The van der Waals surface area contributed by atoms with E-state index in [9.17, 15) is 9.90 Å². The lowest BCUT2D eigenvalue weighted by molar-refractivity contribution is 0.350. The summed E-state index contributed by atoms with van der Waals surface area (Å²) in [5.74, 6) is 0.909. The molecule has 0 unspecified atom stereocenters. The van der Waals surface area contributed by atoms with Crippen molar-refractivity contribution in [3.63, 3.8) is 0 Å². The Morgan fingerprint density at radius 2 is 1.93 bits per heavy atom. The van der Waals surface area contributed by atoms with Gasteiger partial charge in [-0.3, -0.25) is 0 Å². The first-order valence-corrected chi connectivity index (χ1v) is 4.20. The Bertz CT molecular complexity index is 397. The lowest BCUT2D eigenvalue weighted by Gasteiger charge is -2.09. The van der Waals surface area contributed by atoms with Gasteiger partial charge in [0.2, 0.25) is 6.08 Å². The van der Waals surface area contributed by atoms with Gasteiger partial charge in [0.15, 0.2) is 11.5 Å². The molecule has 1 rings (SSSR count). The van der Waals surface area contributed by atoms with Crippen molar-refractivity contribution in [3.8, 4) is 17.2 Å². The maximum atomic E-state index is 9.94. The summed E-state index contributed by atoms with van der Waals surface area (Å²) in [7, 11) is 2.96. The second kappa shape index (κ2) is 5.02. The van der Waals surface area contributed by atoms with Gasteiger partial charge < -0.3 is 14.6 Å². The van der Waals surface area contributed by atoms with Crippen LogP contribution in [-0.2, 0) is 11.3 Å². The van der Waals surface area contributed by atoms with Gasteiger partial charge in [-0.05, 0) is 6.07 Å². The molecule has 0 radical (unpaired) electrons. The molecule has 0 aliphatic heterocycles. The lowest BCUT2D eigenvalue weighted by atomic mass is 10.2. The van der Waals surface area contributed by atoms with Gasteiger partial charge in [-0.1, -0.05) is 0 Å². The Labute approximate surface area is 87.0 Å². The molecule has 0 aliphatic rings. The van der Waals surface area contributed by atoms with Gasteiger partial charge in [0.05, 0.1) is 20.8 Å². The van der Waals surface area contributed by atoms with Crippen molar-refractivity contribution in [2.24, 2.45) is 4.99 Å². The van der Waals surface area contributed by atoms with E-state index in [4.69, 9.17) is 9.47 Å². The van der Waals surface area contributed by atoms with Gasteiger partial charge >= 0.3 is 0 Å². The molecular formula is C10H11NO4. The average Bonchev–Trinajstić information content (AvgIpc) is 2.27. The van der Waals surface area contributed by atoms with Crippen LogP contribution in [0.1, 0.15) is 5.56 Å². The van der Waals surface area contributed by atoms with Gasteiger partial charge in [-0.15, -0.1) is 0 Å². The minimum Gasteiger partial charge on any atom is -0.507 e. The van der Waals surface area contributed by atoms with Crippen LogP contribution >= 0.6 is 0 Å². The summed E-state index contributed by atoms with van der Waals surface area (Å²) in [6.45, 7) is 0.0652. The van der Waals surface area contributed by atoms with Crippen LogP contribution in [0.3, 0.4) is 0 Å². The minimum atomic E-state index is 0.00616. The maximum absolute atomic E-state index is 9.94. The van der Waals surface area contributed by atoms with E-state index in [0.29, 0.717) is 17.1 Å². The van der Waals surface area contributed by atoms with E-state index < -0.39 is 0 Å². The molecule has 1 aromatic rings. The quantitative estimate of drug-likeness (QED) is 0.598. The number of hydrogen-bond acceptors (Lipinski definition) is 5. The van der Waals surface area contributed by atoms with Gasteiger partial charge in [0.25, 0.3) is 0 Å². The van der Waals surface area contributed by atoms with Crippen LogP contribution in [-0.4, -0.2) is 25.4 Å². The van der Waals surface area contributed by atoms with Crippen LogP contribution in [0.5, 0.6) is 17.2 Å². The van der Waals surface area contributed by atoms with E-state index in [2.05, 4.69) is 4.99 Å². The smallest absolute Gasteiger partial charge is 0.235 e. The van der Waals surface area contributed by atoms with Crippen LogP contribution < -0.4 is 9.47 Å². The largest absolute Gasteiger partial charge is 0.507 e. The van der Waals surface area contributed by atoms with Crippen LogP contribution in [0, 0.1) is 0 Å². The zero-order chi connectivity index (χ0) is 11.3. The highest BCUT2D eigenvalue weighted by molar-refractivity contribution is 5.50. The molecule has 0 aliphatic carbocycles. The molecule has 1 N–H and O–H groups in total. The number of methoxy groups -OCH3 is 2. The fraction of sp³-hybridized carbons (Fsp3) is 0.300. The topological polar surface area (TPSA) is 68.1 Å². The van der Waals surface area contributed by atoms with Crippen molar-refractivity contribution in [3.05, 3.63) is 17.7 Å². The van der Waals surface area contributed by atoms with Crippen molar-refractivity contribution in [1.29, 1.82) is 0 Å². The molecule has 5 heteroatoms. The van der Waals surface area contributed by atoms with Crippen LogP contribution in [0.15, 0.2) is 17.1 Å². The second-order valence-corrected chi connectivity index (χ2v) is 2.74. The Kier molecular flexibility index (Phi) is 3.71. The Morgan fingerprint density at radius 1 is 1.33 bits per heavy atom. The number of benzene rings is 1. The van der Waals surface area contributed by atoms with E-state index in [-0.39, 0.29) is 12.3 Å². The van der Waals surface area contributed by atoms with E-state index in [1.807, 2.05) is 0 Å². The molecule has 1 aromatic carbocycles. The summed E-state index contributed by atoms with van der Waals surface area (Å²) in [6.07, 6.45) is 1.40. The number of ether oxygens (including phenoxy) is 2. The number of hydrogen-bond donors (Lipinski definition) is 1. The Morgan fingerprint density at radius 3 is 2.47 bits per heavy atom. The summed E-state index contributed by atoms with van der Waals surface area (Å²) in [5.41, 5.74) is 0.482. The lowest BCUT2D eigenvalue weighted by Crippen LogP contribution is -1.93. The minimum absolute atomic E-state index is 0.00616. The molecule has 0 aromatic heterocycles. The fourth-order valence-corrected chi connectivity index (χ4v) is 1.15. The third-order valence-corrected chi connectivity index (χ3v) is 1.90. The molecule has 80 valence electrons. The molecule has 5 nitrogen and oxygen atoms in total. The SMILES string of the molecule is COc1cc(O)c(CN=C=O)cc1OC. The number of isocyanates is 1. The first kappa shape index (κ1) is 11.1. The van der Waals surface area contributed by atoms with Crippen LogP contribution in [0.4, 0.5) is 0 Å². The van der Waals surface area contributed by atoms with Gasteiger partial charge in [0, 0.05) is 11.6 Å². The number of phenols is 1. The fourth-order valence-electron chi connectivity index (χ4n) is 1.15. The van der Waals surface area contributed by atoms with Gasteiger partial charge in [0.1, 0.15) is 5.75 Å². The third-order valence-electron chi connectivity index (χ3n) is 1.90. The summed E-state index contributed by atoms with van der Waals surface area (Å²) < 4.78 is 10.0. The second-order valence-electron chi connectivity index (χ2n) is 2.74. The molecule has 0 amide bonds. The third kappa shape index (κ3) is 2.48. The van der Waals surface area contributed by atoms with Crippen molar-refractivity contribution < 1.29 is 19.4 Å². The van der Waals surface area contributed by atoms with E-state index in [1.54, 1.807) is 6.07 Å². The molecule has 0 atom stereocenters. The predicted molar refractivity (Wildman–Crippen MR) is 53.0 cm³/mol. The predicted octanol–water partition coefficient (Wildman–Crippen LogP) is 1.25. The number of aliphatic imine (C=N–C) groups is 1. The van der Waals surface area contributed by atoms with Gasteiger partial charge in [-0.25, -0.2) is 9.79 Å². The number of nitrogens with zero attached hydrogens (tertiary/aromatic N) is 1. The highest BCUT2D eigenvalue weighted by atomic mass is 16.5. The number of rotatable bonds is 4. The normalized spacial score (nSPS) is 9.20. The Hall–Kier alpha value is -2.00. The highest BCUT2D eigenvalue weighted by Gasteiger charge is 2.09. The van der Waals surface area contributed by atoms with Crippen molar-refractivity contribution in [2.75, 3.05) is 14.2 Å². The molecule has 0 saturated carbocycles. The first-order chi connectivity index (χ1) is 7.22. The first-order valence-electron chi connectivity index (χ1n) is 4.20. The van der Waals surface area contributed by atoms with E-state index in [0.717, 1.165) is 0 Å². The van der Waals surface area contributed by atoms with Gasteiger partial charge in [-0.2, -0.15) is 0 Å². The van der Waals surface area contributed by atoms with Crippen molar-refractivity contribution in [2.45, 2.75) is 6.54 Å². The zero-order valence-electron chi connectivity index (χ0n) is 8.48. The molecule has 0 fully saturated rings.